The number of benzene rings is 2. The number of hydrogen-bond acceptors (Lipinski definition) is 2. The van der Waals surface area contributed by atoms with Gasteiger partial charge in [0.05, 0.1) is 16.1 Å². The second-order valence-electron chi connectivity index (χ2n) is 4.51. The molecular weight excluding hydrogens is 311 g/mol. The van der Waals surface area contributed by atoms with E-state index in [9.17, 15) is 9.90 Å². The predicted molar refractivity (Wildman–Crippen MR) is 86.2 cm³/mol. The van der Waals surface area contributed by atoms with E-state index in [0.29, 0.717) is 21.4 Å². The van der Waals surface area contributed by atoms with E-state index in [1.807, 2.05) is 0 Å². The van der Waals surface area contributed by atoms with E-state index in [0.717, 1.165) is 5.56 Å². The predicted octanol–water partition coefficient (Wildman–Crippen LogP) is 4.69. The van der Waals surface area contributed by atoms with Crippen LogP contribution in [0.1, 0.15) is 18.6 Å². The maximum Gasteiger partial charge on any atom is 0.323 e. The van der Waals surface area contributed by atoms with Crippen molar-refractivity contribution < 1.29 is 9.90 Å². The lowest BCUT2D eigenvalue weighted by Gasteiger charge is -2.10. The van der Waals surface area contributed by atoms with Crippen molar-refractivity contribution in [3.63, 3.8) is 0 Å². The Morgan fingerprint density at radius 2 is 1.57 bits per heavy atom. The molecule has 0 aliphatic heterocycles. The summed E-state index contributed by atoms with van der Waals surface area (Å²) >= 11 is 11.7. The number of aliphatic hydroxyl groups excluding tert-OH is 1. The second kappa shape index (κ2) is 6.80. The minimum Gasteiger partial charge on any atom is -0.389 e. The molecule has 1 unspecified atom stereocenters. The molecule has 0 saturated carbocycles. The standard InChI is InChI=1S/C15H14Cl2N2O2/c1-9(20)10-2-4-11(5-3-10)18-15(21)19-12-6-7-13(16)14(17)8-12/h2-9,20H,1H3,(H2,18,19,21). The Kier molecular flexibility index (Phi) is 5.07. The maximum atomic E-state index is 11.8. The summed E-state index contributed by atoms with van der Waals surface area (Å²) < 4.78 is 0. The van der Waals surface area contributed by atoms with Crippen LogP contribution in [0.5, 0.6) is 0 Å². The molecule has 0 fully saturated rings. The van der Waals surface area contributed by atoms with Crippen LogP contribution < -0.4 is 10.6 Å². The summed E-state index contributed by atoms with van der Waals surface area (Å²) in [7, 11) is 0. The summed E-state index contributed by atoms with van der Waals surface area (Å²) in [6, 6.07) is 11.4. The van der Waals surface area contributed by atoms with Gasteiger partial charge in [-0.15, -0.1) is 0 Å². The van der Waals surface area contributed by atoms with Crippen LogP contribution in [0.2, 0.25) is 10.0 Å². The van der Waals surface area contributed by atoms with Crippen molar-refractivity contribution in [2.75, 3.05) is 10.6 Å². The second-order valence-corrected chi connectivity index (χ2v) is 5.32. The zero-order valence-electron chi connectivity index (χ0n) is 11.2. The summed E-state index contributed by atoms with van der Waals surface area (Å²) in [5, 5.41) is 15.6. The lowest BCUT2D eigenvalue weighted by Crippen LogP contribution is -2.19. The molecule has 2 aromatic carbocycles. The Morgan fingerprint density at radius 1 is 1.00 bits per heavy atom. The van der Waals surface area contributed by atoms with Gasteiger partial charge in [0.2, 0.25) is 0 Å². The molecular formula is C15H14Cl2N2O2. The lowest BCUT2D eigenvalue weighted by molar-refractivity contribution is 0.199. The van der Waals surface area contributed by atoms with Gasteiger partial charge in [-0.25, -0.2) is 4.79 Å². The van der Waals surface area contributed by atoms with E-state index in [1.54, 1.807) is 49.4 Å². The van der Waals surface area contributed by atoms with Gasteiger partial charge in [0.25, 0.3) is 0 Å². The van der Waals surface area contributed by atoms with Crippen LogP contribution >= 0.6 is 23.2 Å². The fraction of sp³-hybridized carbons (Fsp3) is 0.133. The molecule has 110 valence electrons. The van der Waals surface area contributed by atoms with Gasteiger partial charge >= 0.3 is 6.03 Å². The fourth-order valence-corrected chi connectivity index (χ4v) is 2.01. The van der Waals surface area contributed by atoms with Crippen LogP contribution in [0, 0.1) is 0 Å². The molecule has 0 aliphatic carbocycles. The number of rotatable bonds is 3. The number of urea groups is 1. The Morgan fingerprint density at radius 3 is 2.14 bits per heavy atom. The Balaban J connectivity index is 1.99. The highest BCUT2D eigenvalue weighted by atomic mass is 35.5. The first-order valence-electron chi connectivity index (χ1n) is 6.27. The molecule has 3 N–H and O–H groups in total. The van der Waals surface area contributed by atoms with E-state index in [1.165, 1.54) is 0 Å². The number of amides is 2. The monoisotopic (exact) mass is 324 g/mol. The SMILES string of the molecule is CC(O)c1ccc(NC(=O)Nc2ccc(Cl)c(Cl)c2)cc1. The van der Waals surface area contributed by atoms with E-state index < -0.39 is 12.1 Å². The Bertz CT molecular complexity index is 643. The van der Waals surface area contributed by atoms with E-state index in [-0.39, 0.29) is 0 Å². The van der Waals surface area contributed by atoms with Crippen LogP contribution in [-0.4, -0.2) is 11.1 Å². The van der Waals surface area contributed by atoms with Gasteiger partial charge in [-0.05, 0) is 42.8 Å². The van der Waals surface area contributed by atoms with E-state index in [4.69, 9.17) is 23.2 Å². The largest absolute Gasteiger partial charge is 0.389 e. The van der Waals surface area contributed by atoms with Crippen molar-refractivity contribution in [3.8, 4) is 0 Å². The molecule has 0 bridgehead atoms. The lowest BCUT2D eigenvalue weighted by atomic mass is 10.1. The third-order valence-electron chi connectivity index (χ3n) is 2.83. The average Bonchev–Trinajstić information content (AvgIpc) is 2.43. The van der Waals surface area contributed by atoms with Gasteiger partial charge in [0, 0.05) is 11.4 Å². The summed E-state index contributed by atoms with van der Waals surface area (Å²) in [6.07, 6.45) is -0.538. The third-order valence-corrected chi connectivity index (χ3v) is 3.57. The van der Waals surface area contributed by atoms with Crippen molar-refractivity contribution in [2.24, 2.45) is 0 Å². The summed E-state index contributed by atoms with van der Waals surface area (Å²) in [4.78, 5) is 11.8. The number of hydrogen-bond donors (Lipinski definition) is 3. The summed E-state index contributed by atoms with van der Waals surface area (Å²) in [6.45, 7) is 1.68. The van der Waals surface area contributed by atoms with Crippen molar-refractivity contribution in [1.29, 1.82) is 0 Å². The third kappa shape index (κ3) is 4.36. The zero-order valence-corrected chi connectivity index (χ0v) is 12.7. The van der Waals surface area contributed by atoms with Gasteiger partial charge in [-0.1, -0.05) is 35.3 Å². The number of anilines is 2. The molecule has 1 atom stereocenters. The first-order chi connectivity index (χ1) is 9.95. The van der Waals surface area contributed by atoms with Gasteiger partial charge < -0.3 is 15.7 Å². The van der Waals surface area contributed by atoms with Crippen molar-refractivity contribution >= 4 is 40.6 Å². The van der Waals surface area contributed by atoms with Crippen LogP contribution in [0.25, 0.3) is 0 Å². The van der Waals surface area contributed by atoms with Gasteiger partial charge in [-0.3, -0.25) is 0 Å². The van der Waals surface area contributed by atoms with Crippen LogP contribution in [0.3, 0.4) is 0 Å². The quantitative estimate of drug-likeness (QED) is 0.766. The van der Waals surface area contributed by atoms with Crippen molar-refractivity contribution in [1.82, 2.24) is 0 Å². The van der Waals surface area contributed by atoms with Crippen molar-refractivity contribution in [3.05, 3.63) is 58.1 Å². The first-order valence-corrected chi connectivity index (χ1v) is 7.02. The molecule has 2 amide bonds. The highest BCUT2D eigenvalue weighted by Crippen LogP contribution is 2.25. The fourth-order valence-electron chi connectivity index (χ4n) is 1.71. The highest BCUT2D eigenvalue weighted by molar-refractivity contribution is 6.42. The first kappa shape index (κ1) is 15.6. The molecule has 4 nitrogen and oxygen atoms in total. The minimum absolute atomic E-state index is 0.371. The van der Waals surface area contributed by atoms with Crippen LogP contribution in [0.4, 0.5) is 16.2 Å². The number of nitrogens with one attached hydrogen (secondary N) is 2. The molecule has 0 aromatic heterocycles. The molecule has 0 saturated heterocycles. The molecule has 0 spiro atoms. The van der Waals surface area contributed by atoms with Crippen LogP contribution in [0.15, 0.2) is 42.5 Å². The molecule has 2 rings (SSSR count). The molecule has 2 aromatic rings. The van der Waals surface area contributed by atoms with E-state index in [2.05, 4.69) is 10.6 Å². The van der Waals surface area contributed by atoms with Crippen molar-refractivity contribution in [2.45, 2.75) is 13.0 Å². The molecule has 6 heteroatoms. The Hall–Kier alpha value is -1.75. The molecule has 0 radical (unpaired) electrons. The molecule has 21 heavy (non-hydrogen) atoms. The maximum absolute atomic E-state index is 11.8. The number of aliphatic hydroxyl groups is 1. The van der Waals surface area contributed by atoms with Gasteiger partial charge in [-0.2, -0.15) is 0 Å². The van der Waals surface area contributed by atoms with Gasteiger partial charge in [0.1, 0.15) is 0 Å². The Labute approximate surface area is 132 Å². The summed E-state index contributed by atoms with van der Waals surface area (Å²) in [5.41, 5.74) is 1.95. The zero-order chi connectivity index (χ0) is 15.4. The number of halogens is 2. The molecule has 0 heterocycles. The number of carbonyl (C=O) groups excluding carboxylic acids is 1. The minimum atomic E-state index is -0.538. The van der Waals surface area contributed by atoms with E-state index >= 15 is 0 Å². The normalized spacial score (nSPS) is 11.8. The number of carbonyl (C=O) groups is 1. The summed E-state index contributed by atoms with van der Waals surface area (Å²) in [5.74, 6) is 0. The molecule has 0 aliphatic rings. The van der Waals surface area contributed by atoms with Crippen LogP contribution in [-0.2, 0) is 0 Å². The smallest absolute Gasteiger partial charge is 0.323 e. The van der Waals surface area contributed by atoms with Gasteiger partial charge in [0.15, 0.2) is 0 Å². The topological polar surface area (TPSA) is 61.4 Å². The average molecular weight is 325 g/mol. The highest BCUT2D eigenvalue weighted by Gasteiger charge is 2.06.